The zero-order valence-corrected chi connectivity index (χ0v) is 4.75. The normalized spacial score (nSPS) is 11.4. The van der Waals surface area contributed by atoms with Gasteiger partial charge >= 0.3 is 0 Å². The summed E-state index contributed by atoms with van der Waals surface area (Å²) in [5.74, 6) is 0. The summed E-state index contributed by atoms with van der Waals surface area (Å²) in [6, 6.07) is 0. The summed E-state index contributed by atoms with van der Waals surface area (Å²) in [4.78, 5) is 0. The minimum Gasteiger partial charge on any atom is -0.343 e. The van der Waals surface area contributed by atoms with Crippen LogP contribution in [0.3, 0.4) is 0 Å². The highest BCUT2D eigenvalue weighted by molar-refractivity contribution is 8.11. The molecule has 34 valence electrons. The molecule has 0 atom stereocenters. The third kappa shape index (κ3) is 4.31. The van der Waals surface area contributed by atoms with Crippen molar-refractivity contribution in [3.8, 4) is 0 Å². The van der Waals surface area contributed by atoms with Crippen molar-refractivity contribution >= 4 is 11.2 Å². The van der Waals surface area contributed by atoms with E-state index in [0.717, 1.165) is 0 Å². The zero-order chi connectivity index (χ0) is 4.28. The molecule has 0 aromatic carbocycles. The Morgan fingerprint density at radius 2 is 1.60 bits per heavy atom. The minimum atomic E-state index is -0.0983. The van der Waals surface area contributed by atoms with E-state index in [0.29, 0.717) is 0 Å². The molecule has 0 aliphatic rings. The minimum absolute atomic E-state index is 0.0983. The first-order valence-corrected chi connectivity index (χ1v) is 3.64. The Morgan fingerprint density at radius 1 is 1.40 bits per heavy atom. The van der Waals surface area contributed by atoms with Crippen molar-refractivity contribution in [3.63, 3.8) is 0 Å². The highest BCUT2D eigenvalue weighted by Gasteiger charge is 1.70. The van der Waals surface area contributed by atoms with Gasteiger partial charge in [-0.3, -0.25) is 0 Å². The highest BCUT2D eigenvalue weighted by atomic mass is 32.2. The lowest BCUT2D eigenvalue weighted by Crippen LogP contribution is -1.71. The van der Waals surface area contributed by atoms with Crippen molar-refractivity contribution in [1.82, 2.24) is 0 Å². The number of hydrogen-bond donors (Lipinski definition) is 1. The fraction of sp³-hybridized carbons (Fsp3) is 1.00. The summed E-state index contributed by atoms with van der Waals surface area (Å²) in [7, 11) is 1.73. The van der Waals surface area contributed by atoms with Gasteiger partial charge in [0.15, 0.2) is 0 Å². The Morgan fingerprint density at radius 3 is 1.60 bits per heavy atom. The van der Waals surface area contributed by atoms with E-state index in [9.17, 15) is 0 Å². The fourth-order valence-corrected chi connectivity index (χ4v) is 0. The second kappa shape index (κ2) is 2.54. The Balaban J connectivity index is 2.54. The molecular weight excluding hydrogens is 84.1 g/mol. The van der Waals surface area contributed by atoms with Gasteiger partial charge in [0.1, 0.15) is 0 Å². The van der Waals surface area contributed by atoms with Crippen molar-refractivity contribution in [2.75, 3.05) is 19.6 Å². The van der Waals surface area contributed by atoms with Crippen LogP contribution in [0.1, 0.15) is 0 Å². The summed E-state index contributed by atoms with van der Waals surface area (Å²) >= 11 is -0.0983. The highest BCUT2D eigenvalue weighted by Crippen LogP contribution is 2.10. The number of thiol groups is 1. The summed E-state index contributed by atoms with van der Waals surface area (Å²) in [5, 5.41) is 0. The maximum atomic E-state index is 4.81. The van der Waals surface area contributed by atoms with Gasteiger partial charge in [-0.25, -0.2) is 0 Å². The van der Waals surface area contributed by atoms with E-state index in [4.69, 9.17) is 4.18 Å². The molecule has 0 rings (SSSR count). The molecule has 1 nitrogen and oxygen atoms in total. The Bertz CT molecular complexity index is 20.9. The average molecular weight is 94.2 g/mol. The van der Waals surface area contributed by atoms with E-state index >= 15 is 0 Å². The second-order valence-corrected chi connectivity index (χ2v) is 2.98. The van der Waals surface area contributed by atoms with E-state index in [1.54, 1.807) is 7.11 Å². The summed E-state index contributed by atoms with van der Waals surface area (Å²) < 4.78 is 4.81. The molecule has 0 aromatic heterocycles. The summed E-state index contributed by atoms with van der Waals surface area (Å²) in [6.45, 7) is 0. The Labute approximate surface area is 35.9 Å². The summed E-state index contributed by atoms with van der Waals surface area (Å²) in [5.41, 5.74) is 0. The van der Waals surface area contributed by atoms with Crippen molar-refractivity contribution in [2.45, 2.75) is 0 Å². The van der Waals surface area contributed by atoms with Crippen LogP contribution in [0.5, 0.6) is 0 Å². The van der Waals surface area contributed by atoms with Gasteiger partial charge in [-0.05, 0) is 12.5 Å². The molecule has 0 saturated heterocycles. The maximum absolute atomic E-state index is 4.81. The Hall–Kier alpha value is 0.310. The van der Waals surface area contributed by atoms with Crippen LogP contribution in [0.15, 0.2) is 0 Å². The van der Waals surface area contributed by atoms with Crippen LogP contribution in [0.4, 0.5) is 0 Å². The molecular formula is C3H10OS. The van der Waals surface area contributed by atoms with Crippen LogP contribution in [-0.2, 0) is 4.18 Å². The SMILES string of the molecule is CO[SH](C)C. The molecule has 0 heterocycles. The van der Waals surface area contributed by atoms with Crippen LogP contribution in [0, 0.1) is 0 Å². The first kappa shape index (κ1) is 5.31. The molecule has 0 bridgehead atoms. The van der Waals surface area contributed by atoms with Gasteiger partial charge in [-0.15, -0.1) is 0 Å². The molecule has 0 unspecified atom stereocenters. The Kier molecular flexibility index (Phi) is 2.70. The monoisotopic (exact) mass is 94.0 g/mol. The van der Waals surface area contributed by atoms with Crippen LogP contribution in [0.25, 0.3) is 0 Å². The molecule has 0 spiro atoms. The van der Waals surface area contributed by atoms with Gasteiger partial charge in [0.2, 0.25) is 0 Å². The van der Waals surface area contributed by atoms with Gasteiger partial charge in [-0.2, -0.15) is 11.2 Å². The van der Waals surface area contributed by atoms with Crippen LogP contribution in [-0.4, -0.2) is 19.6 Å². The predicted octanol–water partition coefficient (Wildman–Crippen LogP) is 0.809. The number of hydrogen-bond acceptors (Lipinski definition) is 1. The topological polar surface area (TPSA) is 9.23 Å². The van der Waals surface area contributed by atoms with Crippen molar-refractivity contribution in [2.24, 2.45) is 0 Å². The third-order valence-electron chi connectivity index (χ3n) is 0.365. The lowest BCUT2D eigenvalue weighted by atomic mass is 11.8. The van der Waals surface area contributed by atoms with Crippen LogP contribution >= 0.6 is 11.2 Å². The van der Waals surface area contributed by atoms with Gasteiger partial charge in [-0.1, -0.05) is 0 Å². The van der Waals surface area contributed by atoms with E-state index in [-0.39, 0.29) is 11.2 Å². The van der Waals surface area contributed by atoms with Gasteiger partial charge in [0, 0.05) is 7.11 Å². The average Bonchev–Trinajstić information content (AvgIpc) is 1.38. The zero-order valence-electron chi connectivity index (χ0n) is 3.86. The quantitative estimate of drug-likeness (QED) is 0.473. The molecule has 0 aliphatic heterocycles. The van der Waals surface area contributed by atoms with Crippen LogP contribution < -0.4 is 0 Å². The van der Waals surface area contributed by atoms with Crippen molar-refractivity contribution in [1.29, 1.82) is 0 Å². The van der Waals surface area contributed by atoms with Gasteiger partial charge in [0.25, 0.3) is 0 Å². The standard InChI is InChI=1S/C3H10OS/c1-4-5(2)3/h5H,1-3H3. The molecule has 0 fully saturated rings. The third-order valence-corrected chi connectivity index (χ3v) is 1.10. The summed E-state index contributed by atoms with van der Waals surface area (Å²) in [6.07, 6.45) is 4.13. The van der Waals surface area contributed by atoms with E-state index in [1.165, 1.54) is 0 Å². The first-order chi connectivity index (χ1) is 2.27. The predicted molar refractivity (Wildman–Crippen MR) is 27.8 cm³/mol. The molecule has 5 heavy (non-hydrogen) atoms. The van der Waals surface area contributed by atoms with Gasteiger partial charge < -0.3 is 4.18 Å². The van der Waals surface area contributed by atoms with E-state index in [1.807, 2.05) is 0 Å². The van der Waals surface area contributed by atoms with Gasteiger partial charge in [0.05, 0.1) is 0 Å². The molecule has 0 radical (unpaired) electrons. The molecule has 0 amide bonds. The lowest BCUT2D eigenvalue weighted by Gasteiger charge is -2.01. The molecule has 0 aromatic rings. The molecule has 0 saturated carbocycles. The van der Waals surface area contributed by atoms with E-state index in [2.05, 4.69) is 12.5 Å². The molecule has 0 aliphatic carbocycles. The largest absolute Gasteiger partial charge is 0.343 e. The first-order valence-electron chi connectivity index (χ1n) is 1.49. The lowest BCUT2D eigenvalue weighted by molar-refractivity contribution is 0.484. The maximum Gasteiger partial charge on any atom is 0.0478 e. The fourth-order valence-electron chi connectivity index (χ4n) is 0. The molecule has 2 heteroatoms. The van der Waals surface area contributed by atoms with E-state index < -0.39 is 0 Å². The van der Waals surface area contributed by atoms with Crippen LogP contribution in [0.2, 0.25) is 0 Å². The van der Waals surface area contributed by atoms with Crippen molar-refractivity contribution in [3.05, 3.63) is 0 Å². The molecule has 0 N–H and O–H groups in total. The van der Waals surface area contributed by atoms with Crippen molar-refractivity contribution < 1.29 is 4.18 Å². The smallest absolute Gasteiger partial charge is 0.0478 e. The number of rotatable bonds is 1. The second-order valence-electron chi connectivity index (χ2n) is 0.995.